The first-order chi connectivity index (χ1) is 10.8. The van der Waals surface area contributed by atoms with Crippen molar-refractivity contribution in [2.24, 2.45) is 0 Å². The molecule has 23 heavy (non-hydrogen) atoms. The van der Waals surface area contributed by atoms with E-state index in [1.165, 1.54) is 5.56 Å². The van der Waals surface area contributed by atoms with Crippen LogP contribution in [0.5, 0.6) is 5.75 Å². The molecule has 0 aliphatic carbocycles. The lowest BCUT2D eigenvalue weighted by atomic mass is 9.87. The lowest BCUT2D eigenvalue weighted by molar-refractivity contribution is -0.123. The summed E-state index contributed by atoms with van der Waals surface area (Å²) in [7, 11) is 0. The van der Waals surface area contributed by atoms with Crippen molar-refractivity contribution in [2.75, 3.05) is 6.61 Å². The van der Waals surface area contributed by atoms with Crippen LogP contribution in [0.25, 0.3) is 0 Å². The third-order valence-electron chi connectivity index (χ3n) is 3.71. The Bertz CT molecular complexity index is 663. The van der Waals surface area contributed by atoms with Gasteiger partial charge in [-0.15, -0.1) is 0 Å². The number of carbonyl (C=O) groups excluding carboxylic acids is 1. The predicted molar refractivity (Wildman–Crippen MR) is 90.7 cm³/mol. The monoisotopic (exact) mass is 315 g/mol. The van der Waals surface area contributed by atoms with E-state index in [-0.39, 0.29) is 17.9 Å². The van der Waals surface area contributed by atoms with Gasteiger partial charge in [-0.05, 0) is 43.0 Å². The predicted octanol–water partition coefficient (Wildman–Crippen LogP) is 3.89. The molecule has 0 bridgehead atoms. The molecule has 2 rings (SSSR count). The maximum atomic E-state index is 11.9. The van der Waals surface area contributed by atoms with Crippen molar-refractivity contribution < 1.29 is 13.9 Å². The van der Waals surface area contributed by atoms with Crippen LogP contribution in [0.1, 0.15) is 43.4 Å². The Kier molecular flexibility index (Phi) is 5.14. The van der Waals surface area contributed by atoms with Gasteiger partial charge in [-0.3, -0.25) is 4.79 Å². The van der Waals surface area contributed by atoms with Crippen LogP contribution in [0.4, 0.5) is 0 Å². The fourth-order valence-electron chi connectivity index (χ4n) is 2.30. The van der Waals surface area contributed by atoms with Crippen LogP contribution in [0.2, 0.25) is 0 Å². The third kappa shape index (κ3) is 4.88. The molecule has 0 aliphatic rings. The van der Waals surface area contributed by atoms with Gasteiger partial charge in [-0.25, -0.2) is 0 Å². The normalized spacial score (nSPS) is 11.3. The van der Waals surface area contributed by atoms with E-state index in [0.717, 1.165) is 17.1 Å². The Morgan fingerprint density at radius 2 is 1.83 bits per heavy atom. The first kappa shape index (κ1) is 17.1. The second-order valence-corrected chi connectivity index (χ2v) is 6.78. The summed E-state index contributed by atoms with van der Waals surface area (Å²) >= 11 is 0. The van der Waals surface area contributed by atoms with E-state index >= 15 is 0 Å². The molecule has 1 heterocycles. The van der Waals surface area contributed by atoms with Crippen molar-refractivity contribution in [2.45, 2.75) is 46.6 Å². The van der Waals surface area contributed by atoms with E-state index in [2.05, 4.69) is 26.1 Å². The van der Waals surface area contributed by atoms with Gasteiger partial charge >= 0.3 is 0 Å². The maximum Gasteiger partial charge on any atom is 0.258 e. The molecule has 1 N–H and O–H groups in total. The highest BCUT2D eigenvalue weighted by molar-refractivity contribution is 5.77. The van der Waals surface area contributed by atoms with Crippen molar-refractivity contribution in [3.8, 4) is 5.75 Å². The molecule has 0 atom stereocenters. The van der Waals surface area contributed by atoms with Crippen molar-refractivity contribution in [1.82, 2.24) is 5.32 Å². The minimum absolute atomic E-state index is 0.00471. The molecule has 4 nitrogen and oxygen atoms in total. The summed E-state index contributed by atoms with van der Waals surface area (Å²) in [6.07, 6.45) is 0. The summed E-state index contributed by atoms with van der Waals surface area (Å²) in [5.74, 6) is 2.23. The maximum absolute atomic E-state index is 11.9. The van der Waals surface area contributed by atoms with Crippen molar-refractivity contribution in [3.05, 3.63) is 53.0 Å². The van der Waals surface area contributed by atoms with E-state index in [4.69, 9.17) is 9.15 Å². The lowest BCUT2D eigenvalue weighted by Crippen LogP contribution is -2.28. The molecule has 0 unspecified atom stereocenters. The number of rotatable bonds is 5. The fourth-order valence-corrected chi connectivity index (χ4v) is 2.30. The number of furan rings is 1. The number of nitrogens with one attached hydrogen (secondary N) is 1. The average molecular weight is 315 g/mol. The molecular formula is C19H25NO3. The molecule has 0 saturated heterocycles. The fraction of sp³-hybridized carbons (Fsp3) is 0.421. The zero-order valence-electron chi connectivity index (χ0n) is 14.5. The minimum Gasteiger partial charge on any atom is -0.484 e. The summed E-state index contributed by atoms with van der Waals surface area (Å²) in [4.78, 5) is 11.9. The van der Waals surface area contributed by atoms with E-state index in [9.17, 15) is 4.79 Å². The molecule has 0 aliphatic heterocycles. The van der Waals surface area contributed by atoms with Gasteiger partial charge in [0, 0.05) is 12.1 Å². The standard InChI is InChI=1S/C19H25NO3/c1-13-10-15(14(2)23-13)11-20-18(21)12-22-17-8-6-16(7-9-17)19(3,4)5/h6-10H,11-12H2,1-5H3,(H,20,21). The number of ether oxygens (including phenoxy) is 1. The third-order valence-corrected chi connectivity index (χ3v) is 3.71. The van der Waals surface area contributed by atoms with Crippen LogP contribution in [0.15, 0.2) is 34.7 Å². The molecule has 2 aromatic rings. The van der Waals surface area contributed by atoms with Gasteiger partial charge in [0.25, 0.3) is 5.91 Å². The van der Waals surface area contributed by atoms with Gasteiger partial charge < -0.3 is 14.5 Å². The Balaban J connectivity index is 1.81. The highest BCUT2D eigenvalue weighted by Crippen LogP contribution is 2.24. The van der Waals surface area contributed by atoms with Crippen LogP contribution >= 0.6 is 0 Å². The molecule has 1 aromatic carbocycles. The van der Waals surface area contributed by atoms with Crippen LogP contribution in [-0.4, -0.2) is 12.5 Å². The second kappa shape index (κ2) is 6.90. The molecule has 124 valence electrons. The number of hydrogen-bond acceptors (Lipinski definition) is 3. The van der Waals surface area contributed by atoms with E-state index in [1.807, 2.05) is 44.2 Å². The number of hydrogen-bond donors (Lipinski definition) is 1. The topological polar surface area (TPSA) is 51.5 Å². The summed E-state index contributed by atoms with van der Waals surface area (Å²) < 4.78 is 11.0. The lowest BCUT2D eigenvalue weighted by Gasteiger charge is -2.19. The van der Waals surface area contributed by atoms with Crippen molar-refractivity contribution in [1.29, 1.82) is 0 Å². The number of benzene rings is 1. The summed E-state index contributed by atoms with van der Waals surface area (Å²) in [5.41, 5.74) is 2.33. The summed E-state index contributed by atoms with van der Waals surface area (Å²) in [6, 6.07) is 9.80. The van der Waals surface area contributed by atoms with E-state index in [1.54, 1.807) is 0 Å². The highest BCUT2D eigenvalue weighted by atomic mass is 16.5. The molecule has 0 saturated carbocycles. The molecule has 0 fully saturated rings. The summed E-state index contributed by atoms with van der Waals surface area (Å²) in [6.45, 7) is 10.7. The van der Waals surface area contributed by atoms with Gasteiger partial charge in [0.15, 0.2) is 6.61 Å². The number of amides is 1. The van der Waals surface area contributed by atoms with E-state index < -0.39 is 0 Å². The van der Waals surface area contributed by atoms with Gasteiger partial charge in [-0.1, -0.05) is 32.9 Å². The smallest absolute Gasteiger partial charge is 0.258 e. The largest absolute Gasteiger partial charge is 0.484 e. The molecular weight excluding hydrogens is 290 g/mol. The number of carbonyl (C=O) groups is 1. The van der Waals surface area contributed by atoms with E-state index in [0.29, 0.717) is 12.3 Å². The average Bonchev–Trinajstić information content (AvgIpc) is 2.80. The van der Waals surface area contributed by atoms with Gasteiger partial charge in [-0.2, -0.15) is 0 Å². The zero-order valence-corrected chi connectivity index (χ0v) is 14.5. The minimum atomic E-state index is -0.150. The Labute approximate surface area is 137 Å². The zero-order chi connectivity index (χ0) is 17.0. The number of aryl methyl sites for hydroxylation is 2. The van der Waals surface area contributed by atoms with Crippen LogP contribution in [0.3, 0.4) is 0 Å². The quantitative estimate of drug-likeness (QED) is 0.910. The first-order valence-electron chi connectivity index (χ1n) is 7.81. The van der Waals surface area contributed by atoms with Gasteiger partial charge in [0.1, 0.15) is 17.3 Å². The molecule has 1 amide bonds. The van der Waals surface area contributed by atoms with Crippen LogP contribution in [-0.2, 0) is 16.8 Å². The van der Waals surface area contributed by atoms with Crippen molar-refractivity contribution in [3.63, 3.8) is 0 Å². The second-order valence-electron chi connectivity index (χ2n) is 6.78. The molecule has 4 heteroatoms. The van der Waals surface area contributed by atoms with Gasteiger partial charge in [0.05, 0.1) is 0 Å². The van der Waals surface area contributed by atoms with Gasteiger partial charge in [0.2, 0.25) is 0 Å². The Morgan fingerprint density at radius 3 is 2.35 bits per heavy atom. The SMILES string of the molecule is Cc1cc(CNC(=O)COc2ccc(C(C)(C)C)cc2)c(C)o1. The first-order valence-corrected chi connectivity index (χ1v) is 7.81. The molecule has 0 spiro atoms. The Hall–Kier alpha value is -2.23. The van der Waals surface area contributed by atoms with Crippen LogP contribution < -0.4 is 10.1 Å². The molecule has 0 radical (unpaired) electrons. The highest BCUT2D eigenvalue weighted by Gasteiger charge is 2.13. The van der Waals surface area contributed by atoms with Crippen molar-refractivity contribution >= 4 is 5.91 Å². The summed E-state index contributed by atoms with van der Waals surface area (Å²) in [5, 5.41) is 2.84. The Morgan fingerprint density at radius 1 is 1.17 bits per heavy atom. The molecule has 1 aromatic heterocycles. The van der Waals surface area contributed by atoms with Crippen LogP contribution in [0, 0.1) is 13.8 Å².